The fourth-order valence-corrected chi connectivity index (χ4v) is 3.53. The standard InChI is InChI=1S/C18H21ClN2/c1-13-9-15(14-5-3-2-4-6-14)11-17(10-13)21-16-7-8-18(19)20-12-16/h2-8,12-13,15,17,21H,9-11H2,1H3. The van der Waals surface area contributed by atoms with Gasteiger partial charge in [-0.15, -0.1) is 0 Å². The van der Waals surface area contributed by atoms with E-state index in [1.165, 1.54) is 24.8 Å². The molecule has 110 valence electrons. The van der Waals surface area contributed by atoms with Crippen molar-refractivity contribution in [3.8, 4) is 0 Å². The van der Waals surface area contributed by atoms with Gasteiger partial charge < -0.3 is 5.32 Å². The third-order valence-corrected chi connectivity index (χ3v) is 4.54. The Hall–Kier alpha value is -1.54. The first kappa shape index (κ1) is 14.4. The first-order chi connectivity index (χ1) is 10.2. The van der Waals surface area contributed by atoms with Gasteiger partial charge in [0.15, 0.2) is 0 Å². The van der Waals surface area contributed by atoms with Gasteiger partial charge in [-0.3, -0.25) is 0 Å². The van der Waals surface area contributed by atoms with E-state index in [9.17, 15) is 0 Å². The van der Waals surface area contributed by atoms with E-state index in [-0.39, 0.29) is 0 Å². The number of nitrogens with one attached hydrogen (secondary N) is 1. The van der Waals surface area contributed by atoms with Gasteiger partial charge in [0.25, 0.3) is 0 Å². The van der Waals surface area contributed by atoms with Crippen LogP contribution < -0.4 is 5.32 Å². The van der Waals surface area contributed by atoms with Crippen molar-refractivity contribution in [1.82, 2.24) is 4.98 Å². The number of aromatic nitrogens is 1. The largest absolute Gasteiger partial charge is 0.381 e. The van der Waals surface area contributed by atoms with E-state index in [1.54, 1.807) is 0 Å². The van der Waals surface area contributed by atoms with E-state index in [2.05, 4.69) is 47.6 Å². The Bertz CT molecular complexity index is 568. The monoisotopic (exact) mass is 300 g/mol. The number of halogens is 1. The molecule has 0 bridgehead atoms. The Morgan fingerprint density at radius 3 is 2.57 bits per heavy atom. The smallest absolute Gasteiger partial charge is 0.129 e. The minimum absolute atomic E-state index is 0.502. The molecule has 3 heteroatoms. The van der Waals surface area contributed by atoms with Gasteiger partial charge in [0.2, 0.25) is 0 Å². The first-order valence-corrected chi connectivity index (χ1v) is 8.01. The molecule has 0 radical (unpaired) electrons. The lowest BCUT2D eigenvalue weighted by Gasteiger charge is -2.34. The van der Waals surface area contributed by atoms with Gasteiger partial charge in [-0.05, 0) is 48.8 Å². The average molecular weight is 301 g/mol. The van der Waals surface area contributed by atoms with Crippen molar-refractivity contribution in [1.29, 1.82) is 0 Å². The molecule has 0 saturated heterocycles. The highest BCUT2D eigenvalue weighted by molar-refractivity contribution is 6.29. The second kappa shape index (κ2) is 6.48. The fourth-order valence-electron chi connectivity index (χ4n) is 3.42. The average Bonchev–Trinajstić information content (AvgIpc) is 2.50. The highest BCUT2D eigenvalue weighted by Gasteiger charge is 2.27. The molecule has 1 aliphatic carbocycles. The summed E-state index contributed by atoms with van der Waals surface area (Å²) in [5.74, 6) is 1.38. The van der Waals surface area contributed by atoms with Gasteiger partial charge in [0.05, 0.1) is 11.9 Å². The minimum atomic E-state index is 0.502. The molecule has 3 atom stereocenters. The van der Waals surface area contributed by atoms with Crippen LogP contribution >= 0.6 is 11.6 Å². The third-order valence-electron chi connectivity index (χ3n) is 4.31. The van der Waals surface area contributed by atoms with Gasteiger partial charge >= 0.3 is 0 Å². The number of hydrogen-bond donors (Lipinski definition) is 1. The molecule has 1 heterocycles. The Labute approximate surface area is 131 Å². The molecular formula is C18H21ClN2. The lowest BCUT2D eigenvalue weighted by atomic mass is 9.76. The van der Waals surface area contributed by atoms with Crippen LogP contribution in [0.15, 0.2) is 48.7 Å². The highest BCUT2D eigenvalue weighted by atomic mass is 35.5. The topological polar surface area (TPSA) is 24.9 Å². The molecule has 1 saturated carbocycles. The third kappa shape index (κ3) is 3.76. The molecule has 1 N–H and O–H groups in total. The maximum absolute atomic E-state index is 5.84. The SMILES string of the molecule is CC1CC(Nc2ccc(Cl)nc2)CC(c2ccccc2)C1. The number of nitrogens with zero attached hydrogens (tertiary/aromatic N) is 1. The summed E-state index contributed by atoms with van der Waals surface area (Å²) in [4.78, 5) is 4.14. The van der Waals surface area contributed by atoms with E-state index >= 15 is 0 Å². The quantitative estimate of drug-likeness (QED) is 0.796. The van der Waals surface area contributed by atoms with Crippen molar-refractivity contribution in [3.63, 3.8) is 0 Å². The van der Waals surface area contributed by atoms with Gasteiger partial charge in [-0.2, -0.15) is 0 Å². The van der Waals surface area contributed by atoms with Gasteiger partial charge in [0, 0.05) is 6.04 Å². The zero-order valence-corrected chi connectivity index (χ0v) is 13.1. The predicted molar refractivity (Wildman–Crippen MR) is 88.9 cm³/mol. The molecule has 21 heavy (non-hydrogen) atoms. The Morgan fingerprint density at radius 2 is 1.86 bits per heavy atom. The molecule has 0 aliphatic heterocycles. The summed E-state index contributed by atoms with van der Waals surface area (Å²) in [5, 5.41) is 4.16. The second-order valence-electron chi connectivity index (χ2n) is 6.13. The van der Waals surface area contributed by atoms with Crippen molar-refractivity contribution >= 4 is 17.3 Å². The van der Waals surface area contributed by atoms with Crippen molar-refractivity contribution in [2.45, 2.75) is 38.1 Å². The predicted octanol–water partition coefficient (Wildman–Crippen LogP) is 5.12. The van der Waals surface area contributed by atoms with Crippen LogP contribution in [0.3, 0.4) is 0 Å². The molecule has 2 nitrogen and oxygen atoms in total. The van der Waals surface area contributed by atoms with Crippen LogP contribution in [0.4, 0.5) is 5.69 Å². The van der Waals surface area contributed by atoms with E-state index in [0.29, 0.717) is 17.1 Å². The summed E-state index contributed by atoms with van der Waals surface area (Å²) >= 11 is 5.84. The summed E-state index contributed by atoms with van der Waals surface area (Å²) in [7, 11) is 0. The summed E-state index contributed by atoms with van der Waals surface area (Å²) in [6.07, 6.45) is 5.49. The molecule has 3 rings (SSSR count). The van der Waals surface area contributed by atoms with Crippen molar-refractivity contribution in [3.05, 3.63) is 59.4 Å². The lowest BCUT2D eigenvalue weighted by molar-refractivity contribution is 0.321. The number of rotatable bonds is 3. The second-order valence-corrected chi connectivity index (χ2v) is 6.52. The molecule has 1 aromatic heterocycles. The van der Waals surface area contributed by atoms with E-state index < -0.39 is 0 Å². The fraction of sp³-hybridized carbons (Fsp3) is 0.389. The van der Waals surface area contributed by atoms with Crippen LogP contribution in [-0.2, 0) is 0 Å². The molecular weight excluding hydrogens is 280 g/mol. The Balaban J connectivity index is 1.70. The molecule has 3 unspecified atom stereocenters. The number of hydrogen-bond acceptors (Lipinski definition) is 2. The molecule has 1 fully saturated rings. The zero-order chi connectivity index (χ0) is 14.7. The van der Waals surface area contributed by atoms with Gasteiger partial charge in [-0.25, -0.2) is 4.98 Å². The van der Waals surface area contributed by atoms with E-state index in [0.717, 1.165) is 11.6 Å². The van der Waals surface area contributed by atoms with Gasteiger partial charge in [0.1, 0.15) is 5.15 Å². The summed E-state index contributed by atoms with van der Waals surface area (Å²) < 4.78 is 0. The number of benzene rings is 1. The number of pyridine rings is 1. The van der Waals surface area contributed by atoms with Crippen LogP contribution in [0.5, 0.6) is 0 Å². The van der Waals surface area contributed by atoms with Gasteiger partial charge in [-0.1, -0.05) is 48.9 Å². The van der Waals surface area contributed by atoms with E-state index in [1.807, 2.05) is 18.3 Å². The Morgan fingerprint density at radius 1 is 1.05 bits per heavy atom. The lowest BCUT2D eigenvalue weighted by Crippen LogP contribution is -2.30. The molecule has 1 aromatic carbocycles. The van der Waals surface area contributed by atoms with Crippen LogP contribution in [-0.4, -0.2) is 11.0 Å². The van der Waals surface area contributed by atoms with Crippen LogP contribution in [0.25, 0.3) is 0 Å². The summed E-state index contributed by atoms with van der Waals surface area (Å²) in [6.45, 7) is 2.35. The van der Waals surface area contributed by atoms with Crippen molar-refractivity contribution in [2.75, 3.05) is 5.32 Å². The minimum Gasteiger partial charge on any atom is -0.381 e. The first-order valence-electron chi connectivity index (χ1n) is 7.64. The summed E-state index contributed by atoms with van der Waals surface area (Å²) in [5.41, 5.74) is 2.52. The normalized spacial score (nSPS) is 25.5. The van der Waals surface area contributed by atoms with Crippen LogP contribution in [0, 0.1) is 5.92 Å². The molecule has 1 aliphatic rings. The van der Waals surface area contributed by atoms with Crippen LogP contribution in [0.1, 0.15) is 37.7 Å². The van der Waals surface area contributed by atoms with Crippen molar-refractivity contribution in [2.24, 2.45) is 5.92 Å². The molecule has 0 spiro atoms. The maximum Gasteiger partial charge on any atom is 0.129 e. The Kier molecular flexibility index (Phi) is 4.45. The molecule has 0 amide bonds. The maximum atomic E-state index is 5.84. The highest BCUT2D eigenvalue weighted by Crippen LogP contribution is 2.37. The molecule has 2 aromatic rings. The zero-order valence-electron chi connectivity index (χ0n) is 12.3. The van der Waals surface area contributed by atoms with Crippen LogP contribution in [0.2, 0.25) is 5.15 Å². The summed E-state index contributed by atoms with van der Waals surface area (Å²) in [6, 6.07) is 15.2. The van der Waals surface area contributed by atoms with Crippen molar-refractivity contribution < 1.29 is 0 Å². The van der Waals surface area contributed by atoms with E-state index in [4.69, 9.17) is 11.6 Å². The number of anilines is 1.